The molecule has 156 valence electrons. The van der Waals surface area contributed by atoms with Gasteiger partial charge in [-0.25, -0.2) is 0 Å². The van der Waals surface area contributed by atoms with Crippen molar-refractivity contribution < 1.29 is 9.53 Å². The molecule has 0 aliphatic rings. The molecule has 2 unspecified atom stereocenters. The average molecular weight is 369 g/mol. The first-order chi connectivity index (χ1) is 12.3. The summed E-state index contributed by atoms with van der Waals surface area (Å²) in [6.07, 6.45) is 17.2. The lowest BCUT2D eigenvalue weighted by Gasteiger charge is -2.23. The Labute approximate surface area is 164 Å². The third-order valence-corrected chi connectivity index (χ3v) is 5.11. The van der Waals surface area contributed by atoms with Gasteiger partial charge in [0.15, 0.2) is 0 Å². The molecule has 0 amide bonds. The summed E-state index contributed by atoms with van der Waals surface area (Å²) >= 11 is 0. The smallest absolute Gasteiger partial charge is 0.306 e. The second-order valence-corrected chi connectivity index (χ2v) is 9.56. The summed E-state index contributed by atoms with van der Waals surface area (Å²) in [4.78, 5) is 12.2. The number of carbonyl (C=O) groups excluding carboxylic acids is 1. The first-order valence-corrected chi connectivity index (χ1v) is 11.5. The fourth-order valence-corrected chi connectivity index (χ4v) is 3.84. The SMILES string of the molecule is CCCCCCCCCCCCC(CC)OC(=O)CC(C)CC(C)(C)C. The summed E-state index contributed by atoms with van der Waals surface area (Å²) in [5.41, 5.74) is 0.278. The van der Waals surface area contributed by atoms with E-state index in [1.807, 2.05) is 0 Å². The lowest BCUT2D eigenvalue weighted by atomic mass is 9.84. The molecular weight excluding hydrogens is 320 g/mol. The van der Waals surface area contributed by atoms with Crippen molar-refractivity contribution >= 4 is 5.97 Å². The van der Waals surface area contributed by atoms with Gasteiger partial charge >= 0.3 is 5.97 Å². The minimum Gasteiger partial charge on any atom is -0.462 e. The molecule has 0 bridgehead atoms. The maximum absolute atomic E-state index is 12.2. The highest BCUT2D eigenvalue weighted by Gasteiger charge is 2.20. The average Bonchev–Trinajstić information content (AvgIpc) is 2.53. The van der Waals surface area contributed by atoms with E-state index in [1.54, 1.807) is 0 Å². The molecule has 0 aliphatic carbocycles. The molecule has 2 heteroatoms. The fraction of sp³-hybridized carbons (Fsp3) is 0.958. The predicted molar refractivity (Wildman–Crippen MR) is 114 cm³/mol. The molecule has 0 aromatic carbocycles. The minimum atomic E-state index is 0.000629. The van der Waals surface area contributed by atoms with Crippen molar-refractivity contribution in [1.82, 2.24) is 0 Å². The van der Waals surface area contributed by atoms with Crippen LogP contribution in [0.15, 0.2) is 0 Å². The first kappa shape index (κ1) is 25.5. The number of hydrogen-bond acceptors (Lipinski definition) is 2. The molecule has 0 rings (SSSR count). The summed E-state index contributed by atoms with van der Waals surface area (Å²) in [7, 11) is 0. The van der Waals surface area contributed by atoms with E-state index in [2.05, 4.69) is 41.5 Å². The van der Waals surface area contributed by atoms with Crippen LogP contribution in [0.3, 0.4) is 0 Å². The Morgan fingerprint density at radius 1 is 0.846 bits per heavy atom. The first-order valence-electron chi connectivity index (χ1n) is 11.5. The van der Waals surface area contributed by atoms with Crippen molar-refractivity contribution in [2.45, 2.75) is 138 Å². The summed E-state index contributed by atoms with van der Waals surface area (Å²) in [5.74, 6) is 0.401. The normalized spacial score (nSPS) is 14.2. The lowest BCUT2D eigenvalue weighted by molar-refractivity contribution is -0.150. The largest absolute Gasteiger partial charge is 0.462 e. The topological polar surface area (TPSA) is 26.3 Å². The van der Waals surface area contributed by atoms with E-state index >= 15 is 0 Å². The van der Waals surface area contributed by atoms with Gasteiger partial charge in [0, 0.05) is 6.42 Å². The van der Waals surface area contributed by atoms with Gasteiger partial charge in [0.1, 0.15) is 6.10 Å². The molecule has 0 heterocycles. The summed E-state index contributed by atoms with van der Waals surface area (Å²) in [6.45, 7) is 13.3. The van der Waals surface area contributed by atoms with Crippen molar-refractivity contribution in [2.24, 2.45) is 11.3 Å². The van der Waals surface area contributed by atoms with E-state index in [0.29, 0.717) is 12.3 Å². The van der Waals surface area contributed by atoms with Gasteiger partial charge < -0.3 is 4.74 Å². The van der Waals surface area contributed by atoms with E-state index in [4.69, 9.17) is 4.74 Å². The zero-order valence-electron chi connectivity index (χ0n) is 18.9. The number of hydrogen-bond donors (Lipinski definition) is 0. The Morgan fingerprint density at radius 3 is 1.81 bits per heavy atom. The summed E-state index contributed by atoms with van der Waals surface area (Å²) in [5, 5.41) is 0. The lowest BCUT2D eigenvalue weighted by Crippen LogP contribution is -2.21. The zero-order valence-corrected chi connectivity index (χ0v) is 18.9. The molecule has 0 radical (unpaired) electrons. The Kier molecular flexibility index (Phi) is 15.2. The molecular formula is C24H48O2. The summed E-state index contributed by atoms with van der Waals surface area (Å²) in [6, 6.07) is 0. The van der Waals surface area contributed by atoms with E-state index in [1.165, 1.54) is 64.2 Å². The van der Waals surface area contributed by atoms with Crippen molar-refractivity contribution in [2.75, 3.05) is 0 Å². The standard InChI is InChI=1S/C24H48O2/c1-7-9-10-11-12-13-14-15-16-17-18-22(8-2)26-23(25)19-21(3)20-24(4,5)6/h21-22H,7-20H2,1-6H3. The van der Waals surface area contributed by atoms with Gasteiger partial charge in [0.25, 0.3) is 0 Å². The van der Waals surface area contributed by atoms with Crippen LogP contribution in [0.5, 0.6) is 0 Å². The molecule has 2 atom stereocenters. The molecule has 0 N–H and O–H groups in total. The van der Waals surface area contributed by atoms with Gasteiger partial charge in [-0.15, -0.1) is 0 Å². The van der Waals surface area contributed by atoms with Crippen LogP contribution in [0.4, 0.5) is 0 Å². The molecule has 2 nitrogen and oxygen atoms in total. The van der Waals surface area contributed by atoms with Gasteiger partial charge in [-0.05, 0) is 37.0 Å². The van der Waals surface area contributed by atoms with Gasteiger partial charge in [0.05, 0.1) is 0 Å². The van der Waals surface area contributed by atoms with Crippen molar-refractivity contribution in [3.63, 3.8) is 0 Å². The second kappa shape index (κ2) is 15.5. The van der Waals surface area contributed by atoms with E-state index in [9.17, 15) is 4.79 Å². The molecule has 0 saturated carbocycles. The number of rotatable bonds is 16. The van der Waals surface area contributed by atoms with E-state index in [-0.39, 0.29) is 17.5 Å². The fourth-order valence-electron chi connectivity index (χ4n) is 3.84. The third-order valence-electron chi connectivity index (χ3n) is 5.11. The molecule has 0 spiro atoms. The van der Waals surface area contributed by atoms with Gasteiger partial charge in [-0.2, -0.15) is 0 Å². The van der Waals surface area contributed by atoms with E-state index < -0.39 is 0 Å². The van der Waals surface area contributed by atoms with Crippen LogP contribution < -0.4 is 0 Å². The molecule has 0 aliphatic heterocycles. The van der Waals surface area contributed by atoms with Gasteiger partial charge in [0.2, 0.25) is 0 Å². The Balaban J connectivity index is 3.71. The van der Waals surface area contributed by atoms with Crippen LogP contribution in [-0.2, 0) is 9.53 Å². The van der Waals surface area contributed by atoms with Crippen LogP contribution in [0, 0.1) is 11.3 Å². The zero-order chi connectivity index (χ0) is 19.8. The van der Waals surface area contributed by atoms with Crippen LogP contribution in [-0.4, -0.2) is 12.1 Å². The molecule has 0 aromatic heterocycles. The number of carbonyl (C=O) groups is 1. The minimum absolute atomic E-state index is 0.000629. The van der Waals surface area contributed by atoms with Crippen molar-refractivity contribution in [3.05, 3.63) is 0 Å². The Hall–Kier alpha value is -0.530. The van der Waals surface area contributed by atoms with Crippen LogP contribution in [0.25, 0.3) is 0 Å². The maximum Gasteiger partial charge on any atom is 0.306 e. The Bertz CT molecular complexity index is 330. The molecule has 0 fully saturated rings. The van der Waals surface area contributed by atoms with Gasteiger partial charge in [-0.3, -0.25) is 4.79 Å². The molecule has 0 aromatic rings. The van der Waals surface area contributed by atoms with Crippen LogP contribution in [0.2, 0.25) is 0 Å². The molecule has 26 heavy (non-hydrogen) atoms. The second-order valence-electron chi connectivity index (χ2n) is 9.56. The van der Waals surface area contributed by atoms with Crippen molar-refractivity contribution in [3.8, 4) is 0 Å². The summed E-state index contributed by atoms with van der Waals surface area (Å²) < 4.78 is 5.73. The number of unbranched alkanes of at least 4 members (excludes halogenated alkanes) is 9. The van der Waals surface area contributed by atoms with Crippen LogP contribution >= 0.6 is 0 Å². The number of ether oxygens (including phenoxy) is 1. The highest BCUT2D eigenvalue weighted by Crippen LogP contribution is 2.26. The van der Waals surface area contributed by atoms with Gasteiger partial charge in [-0.1, -0.05) is 99.3 Å². The number of esters is 1. The predicted octanol–water partition coefficient (Wildman–Crippen LogP) is 8.08. The quantitative estimate of drug-likeness (QED) is 0.203. The third kappa shape index (κ3) is 16.9. The van der Waals surface area contributed by atoms with E-state index in [0.717, 1.165) is 19.3 Å². The van der Waals surface area contributed by atoms with Crippen LogP contribution in [0.1, 0.15) is 131 Å². The molecule has 0 saturated heterocycles. The maximum atomic E-state index is 12.2. The highest BCUT2D eigenvalue weighted by atomic mass is 16.5. The van der Waals surface area contributed by atoms with Crippen molar-refractivity contribution in [1.29, 1.82) is 0 Å². The monoisotopic (exact) mass is 368 g/mol. The highest BCUT2D eigenvalue weighted by molar-refractivity contribution is 5.69. The Morgan fingerprint density at radius 2 is 1.35 bits per heavy atom.